The van der Waals surface area contributed by atoms with Gasteiger partial charge in [-0.1, -0.05) is 11.6 Å². The molecule has 4 N–H and O–H groups in total. The van der Waals surface area contributed by atoms with Crippen molar-refractivity contribution in [3.63, 3.8) is 0 Å². The highest BCUT2D eigenvalue weighted by atomic mass is 35.5. The molecule has 5 heteroatoms. The van der Waals surface area contributed by atoms with E-state index in [4.69, 9.17) is 17.3 Å². The highest BCUT2D eigenvalue weighted by Gasteiger charge is 2.02. The van der Waals surface area contributed by atoms with Crippen molar-refractivity contribution in [3.8, 4) is 0 Å². The van der Waals surface area contributed by atoms with E-state index in [2.05, 4.69) is 10.6 Å². The zero-order valence-corrected chi connectivity index (χ0v) is 10.2. The first-order valence-corrected chi connectivity index (χ1v) is 5.70. The summed E-state index contributed by atoms with van der Waals surface area (Å²) < 4.78 is 0. The molecular formula is C13H12ClN3O. The van der Waals surface area contributed by atoms with Crippen LogP contribution in [-0.4, -0.2) is 6.03 Å². The van der Waals surface area contributed by atoms with E-state index in [1.54, 1.807) is 48.5 Å². The van der Waals surface area contributed by atoms with Crippen LogP contribution in [-0.2, 0) is 0 Å². The molecule has 0 aliphatic heterocycles. The Labute approximate surface area is 110 Å². The number of nitrogen functional groups attached to an aromatic ring is 1. The molecule has 2 rings (SSSR count). The van der Waals surface area contributed by atoms with Crippen molar-refractivity contribution in [3.05, 3.63) is 53.6 Å². The lowest BCUT2D eigenvalue weighted by molar-refractivity contribution is 0.262. The monoisotopic (exact) mass is 261 g/mol. The lowest BCUT2D eigenvalue weighted by Gasteiger charge is -2.07. The van der Waals surface area contributed by atoms with E-state index in [0.29, 0.717) is 22.1 Å². The van der Waals surface area contributed by atoms with Crippen molar-refractivity contribution in [1.82, 2.24) is 0 Å². The van der Waals surface area contributed by atoms with Gasteiger partial charge in [0.25, 0.3) is 0 Å². The summed E-state index contributed by atoms with van der Waals surface area (Å²) in [4.78, 5) is 11.7. The normalized spacial score (nSPS) is 9.83. The Hall–Kier alpha value is -2.20. The zero-order valence-electron chi connectivity index (χ0n) is 9.48. The van der Waals surface area contributed by atoms with Gasteiger partial charge in [-0.05, 0) is 48.5 Å². The smallest absolute Gasteiger partial charge is 0.323 e. The number of rotatable bonds is 2. The largest absolute Gasteiger partial charge is 0.399 e. The van der Waals surface area contributed by atoms with E-state index in [-0.39, 0.29) is 6.03 Å². The second-order valence-corrected chi connectivity index (χ2v) is 4.14. The molecule has 0 aliphatic carbocycles. The van der Waals surface area contributed by atoms with E-state index in [1.165, 1.54) is 0 Å². The third kappa shape index (κ3) is 3.40. The Bertz CT molecular complexity index is 488. The molecule has 0 saturated carbocycles. The fraction of sp³-hybridized carbons (Fsp3) is 0. The predicted molar refractivity (Wildman–Crippen MR) is 74.9 cm³/mol. The summed E-state index contributed by atoms with van der Waals surface area (Å²) >= 11 is 5.75. The van der Waals surface area contributed by atoms with Gasteiger partial charge in [-0.3, -0.25) is 0 Å². The van der Waals surface area contributed by atoms with Gasteiger partial charge in [-0.25, -0.2) is 4.79 Å². The van der Waals surface area contributed by atoms with Crippen LogP contribution in [0, 0.1) is 0 Å². The first-order valence-electron chi connectivity index (χ1n) is 5.32. The number of nitrogens with two attached hydrogens (primary N) is 1. The van der Waals surface area contributed by atoms with Crippen molar-refractivity contribution in [1.29, 1.82) is 0 Å². The molecule has 0 fully saturated rings. The summed E-state index contributed by atoms with van der Waals surface area (Å²) in [6.45, 7) is 0. The number of carbonyl (C=O) groups excluding carboxylic acids is 1. The fourth-order valence-electron chi connectivity index (χ4n) is 1.39. The number of urea groups is 1. The van der Waals surface area contributed by atoms with Gasteiger partial charge in [0.15, 0.2) is 0 Å². The Kier molecular flexibility index (Phi) is 3.69. The summed E-state index contributed by atoms with van der Waals surface area (Å²) in [6.07, 6.45) is 0. The topological polar surface area (TPSA) is 67.1 Å². The highest BCUT2D eigenvalue weighted by Crippen LogP contribution is 2.14. The summed E-state index contributed by atoms with van der Waals surface area (Å²) in [5.74, 6) is 0. The molecular weight excluding hydrogens is 250 g/mol. The quantitative estimate of drug-likeness (QED) is 0.724. The van der Waals surface area contributed by atoms with Crippen LogP contribution in [0.15, 0.2) is 48.5 Å². The van der Waals surface area contributed by atoms with Gasteiger partial charge in [-0.15, -0.1) is 0 Å². The van der Waals surface area contributed by atoms with Gasteiger partial charge >= 0.3 is 6.03 Å². The predicted octanol–water partition coefficient (Wildman–Crippen LogP) is 3.57. The molecule has 0 heterocycles. The third-order valence-corrected chi connectivity index (χ3v) is 2.52. The van der Waals surface area contributed by atoms with Crippen LogP contribution in [0.4, 0.5) is 21.9 Å². The van der Waals surface area contributed by atoms with Gasteiger partial charge in [0.05, 0.1) is 0 Å². The molecule has 92 valence electrons. The van der Waals surface area contributed by atoms with Crippen molar-refractivity contribution in [2.24, 2.45) is 0 Å². The Morgan fingerprint density at radius 1 is 0.889 bits per heavy atom. The van der Waals surface area contributed by atoms with Crippen LogP contribution in [0.1, 0.15) is 0 Å². The number of hydrogen-bond acceptors (Lipinski definition) is 2. The molecule has 0 aromatic heterocycles. The van der Waals surface area contributed by atoms with E-state index in [1.807, 2.05) is 0 Å². The van der Waals surface area contributed by atoms with E-state index < -0.39 is 0 Å². The van der Waals surface area contributed by atoms with Crippen molar-refractivity contribution >= 4 is 34.7 Å². The maximum atomic E-state index is 11.7. The SMILES string of the molecule is Nc1ccc(NC(=O)Nc2ccc(Cl)cc2)cc1. The lowest BCUT2D eigenvalue weighted by Crippen LogP contribution is -2.19. The summed E-state index contributed by atoms with van der Waals surface area (Å²) in [7, 11) is 0. The van der Waals surface area contributed by atoms with Crippen LogP contribution >= 0.6 is 11.6 Å². The van der Waals surface area contributed by atoms with Crippen molar-refractivity contribution in [2.75, 3.05) is 16.4 Å². The van der Waals surface area contributed by atoms with Crippen molar-refractivity contribution < 1.29 is 4.79 Å². The molecule has 4 nitrogen and oxygen atoms in total. The molecule has 0 aliphatic rings. The standard InChI is InChI=1S/C13H12ClN3O/c14-9-1-5-11(6-2-9)16-13(18)17-12-7-3-10(15)4-8-12/h1-8H,15H2,(H2,16,17,18). The van der Waals surface area contributed by atoms with Crippen LogP contribution in [0.2, 0.25) is 5.02 Å². The van der Waals surface area contributed by atoms with Gasteiger partial charge in [-0.2, -0.15) is 0 Å². The minimum Gasteiger partial charge on any atom is -0.399 e. The second-order valence-electron chi connectivity index (χ2n) is 3.71. The summed E-state index contributed by atoms with van der Waals surface area (Å²) in [5.41, 5.74) is 7.56. The number of halogens is 1. The van der Waals surface area contributed by atoms with Gasteiger partial charge in [0.2, 0.25) is 0 Å². The average Bonchev–Trinajstić information content (AvgIpc) is 2.35. The molecule has 0 saturated heterocycles. The highest BCUT2D eigenvalue weighted by molar-refractivity contribution is 6.30. The minimum absolute atomic E-state index is 0.318. The van der Waals surface area contributed by atoms with E-state index in [0.717, 1.165) is 0 Å². The maximum absolute atomic E-state index is 11.7. The summed E-state index contributed by atoms with van der Waals surface area (Å²) in [5, 5.41) is 6.01. The number of carbonyl (C=O) groups is 1. The van der Waals surface area contributed by atoms with Crippen LogP contribution in [0.3, 0.4) is 0 Å². The zero-order chi connectivity index (χ0) is 13.0. The minimum atomic E-state index is -0.318. The molecule has 2 amide bonds. The molecule has 0 atom stereocenters. The molecule has 0 spiro atoms. The molecule has 0 bridgehead atoms. The van der Waals surface area contributed by atoms with E-state index >= 15 is 0 Å². The van der Waals surface area contributed by atoms with Crippen molar-refractivity contribution in [2.45, 2.75) is 0 Å². The van der Waals surface area contributed by atoms with Crippen LogP contribution in [0.5, 0.6) is 0 Å². The lowest BCUT2D eigenvalue weighted by atomic mass is 10.3. The van der Waals surface area contributed by atoms with Crippen LogP contribution < -0.4 is 16.4 Å². The molecule has 0 unspecified atom stereocenters. The Balaban J connectivity index is 1.96. The molecule has 2 aromatic rings. The number of benzene rings is 2. The van der Waals surface area contributed by atoms with Gasteiger partial charge < -0.3 is 16.4 Å². The first kappa shape index (κ1) is 12.3. The molecule has 18 heavy (non-hydrogen) atoms. The molecule has 2 aromatic carbocycles. The summed E-state index contributed by atoms with van der Waals surface area (Å²) in [6, 6.07) is 13.5. The maximum Gasteiger partial charge on any atom is 0.323 e. The average molecular weight is 262 g/mol. The molecule has 0 radical (unpaired) electrons. The van der Waals surface area contributed by atoms with Crippen LogP contribution in [0.25, 0.3) is 0 Å². The number of amides is 2. The van der Waals surface area contributed by atoms with Gasteiger partial charge in [0.1, 0.15) is 0 Å². The van der Waals surface area contributed by atoms with Gasteiger partial charge in [0, 0.05) is 22.1 Å². The fourth-order valence-corrected chi connectivity index (χ4v) is 1.52. The van der Waals surface area contributed by atoms with E-state index in [9.17, 15) is 4.79 Å². The number of hydrogen-bond donors (Lipinski definition) is 3. The first-order chi connectivity index (χ1) is 8.63. The Morgan fingerprint density at radius 2 is 1.33 bits per heavy atom. The Morgan fingerprint density at radius 3 is 1.83 bits per heavy atom. The number of nitrogens with one attached hydrogen (secondary N) is 2. The number of anilines is 3. The third-order valence-electron chi connectivity index (χ3n) is 2.27. The second kappa shape index (κ2) is 5.42.